The van der Waals surface area contributed by atoms with E-state index in [1.54, 1.807) is 6.92 Å². The van der Waals surface area contributed by atoms with E-state index in [9.17, 15) is 10.2 Å². The molecule has 0 aliphatic carbocycles. The molecule has 0 amide bonds. The molecular formula is C11H22O5. The highest BCUT2D eigenvalue weighted by atomic mass is 16.7. The van der Waals surface area contributed by atoms with Gasteiger partial charge in [0.1, 0.15) is 6.10 Å². The number of hydrogen-bond acceptors (Lipinski definition) is 5. The van der Waals surface area contributed by atoms with E-state index < -0.39 is 30.2 Å². The van der Waals surface area contributed by atoms with Crippen LogP contribution in [0.15, 0.2) is 0 Å². The van der Waals surface area contributed by atoms with Crippen LogP contribution in [0.2, 0.25) is 0 Å². The van der Waals surface area contributed by atoms with Crippen LogP contribution in [0, 0.1) is 5.92 Å². The molecule has 0 spiro atoms. The predicted molar refractivity (Wildman–Crippen MR) is 57.8 cm³/mol. The zero-order valence-corrected chi connectivity index (χ0v) is 10.3. The molecule has 1 rings (SSSR count). The molecule has 3 N–H and O–H groups in total. The third-order valence-corrected chi connectivity index (χ3v) is 2.71. The van der Waals surface area contributed by atoms with Crippen molar-refractivity contribution >= 4 is 0 Å². The summed E-state index contributed by atoms with van der Waals surface area (Å²) in [6.45, 7) is 7.03. The average Bonchev–Trinajstić information content (AvgIpc) is 2.17. The SMILES string of the molecule is CC1C(CO)OC(OC(C)(C)C)C(O)C1O. The van der Waals surface area contributed by atoms with Crippen molar-refractivity contribution in [3.05, 3.63) is 0 Å². The second-order valence-corrected chi connectivity index (χ2v) is 5.30. The Labute approximate surface area is 96.0 Å². The molecule has 0 aromatic carbocycles. The molecule has 1 saturated heterocycles. The van der Waals surface area contributed by atoms with Crippen LogP contribution in [0.25, 0.3) is 0 Å². The van der Waals surface area contributed by atoms with Crippen molar-refractivity contribution in [2.45, 2.75) is 57.9 Å². The second kappa shape index (κ2) is 4.98. The summed E-state index contributed by atoms with van der Waals surface area (Å²) in [6.07, 6.45) is -3.44. The molecule has 1 fully saturated rings. The molecule has 0 saturated carbocycles. The van der Waals surface area contributed by atoms with Crippen LogP contribution in [0.3, 0.4) is 0 Å². The maximum absolute atomic E-state index is 9.80. The van der Waals surface area contributed by atoms with Gasteiger partial charge in [-0.2, -0.15) is 0 Å². The van der Waals surface area contributed by atoms with Gasteiger partial charge in [-0.1, -0.05) is 6.92 Å². The fraction of sp³-hybridized carbons (Fsp3) is 1.00. The van der Waals surface area contributed by atoms with Gasteiger partial charge in [-0.15, -0.1) is 0 Å². The average molecular weight is 234 g/mol. The Bertz CT molecular complexity index is 223. The molecule has 0 bridgehead atoms. The van der Waals surface area contributed by atoms with Crippen molar-refractivity contribution < 1.29 is 24.8 Å². The van der Waals surface area contributed by atoms with Crippen molar-refractivity contribution in [3.8, 4) is 0 Å². The van der Waals surface area contributed by atoms with Gasteiger partial charge < -0.3 is 24.8 Å². The molecule has 5 atom stereocenters. The molecule has 5 nitrogen and oxygen atoms in total. The van der Waals surface area contributed by atoms with Crippen molar-refractivity contribution in [2.24, 2.45) is 5.92 Å². The van der Waals surface area contributed by atoms with Crippen LogP contribution in [0.4, 0.5) is 0 Å². The molecule has 5 unspecified atom stereocenters. The lowest BCUT2D eigenvalue weighted by Crippen LogP contribution is -2.56. The third-order valence-electron chi connectivity index (χ3n) is 2.71. The number of hydrogen-bond donors (Lipinski definition) is 3. The first kappa shape index (κ1) is 13.9. The minimum Gasteiger partial charge on any atom is -0.394 e. The van der Waals surface area contributed by atoms with E-state index >= 15 is 0 Å². The van der Waals surface area contributed by atoms with Crippen molar-refractivity contribution in [2.75, 3.05) is 6.61 Å². The van der Waals surface area contributed by atoms with Gasteiger partial charge in [0.05, 0.1) is 24.4 Å². The molecule has 1 heterocycles. The van der Waals surface area contributed by atoms with Crippen LogP contribution in [-0.2, 0) is 9.47 Å². The molecule has 96 valence electrons. The smallest absolute Gasteiger partial charge is 0.187 e. The minimum absolute atomic E-state index is 0.199. The number of aliphatic hydroxyl groups excluding tert-OH is 3. The van der Waals surface area contributed by atoms with E-state index in [2.05, 4.69) is 0 Å². The van der Waals surface area contributed by atoms with Gasteiger partial charge in [-0.05, 0) is 20.8 Å². The molecule has 5 heteroatoms. The van der Waals surface area contributed by atoms with Crippen molar-refractivity contribution in [1.29, 1.82) is 0 Å². The predicted octanol–water partition coefficient (Wildman–Crippen LogP) is -0.123. The highest BCUT2D eigenvalue weighted by Crippen LogP contribution is 2.28. The van der Waals surface area contributed by atoms with Crippen LogP contribution in [0.1, 0.15) is 27.7 Å². The quantitative estimate of drug-likeness (QED) is 0.620. The molecule has 16 heavy (non-hydrogen) atoms. The molecule has 0 aromatic rings. The normalized spacial score (nSPS) is 41.1. The van der Waals surface area contributed by atoms with E-state index in [0.717, 1.165) is 0 Å². The van der Waals surface area contributed by atoms with E-state index in [1.807, 2.05) is 20.8 Å². The Kier molecular flexibility index (Phi) is 4.31. The molecule has 0 aromatic heterocycles. The first-order valence-electron chi connectivity index (χ1n) is 5.56. The lowest BCUT2D eigenvalue weighted by Gasteiger charge is -2.42. The van der Waals surface area contributed by atoms with E-state index in [-0.39, 0.29) is 12.5 Å². The summed E-state index contributed by atoms with van der Waals surface area (Å²) in [7, 11) is 0. The first-order valence-corrected chi connectivity index (χ1v) is 5.56. The van der Waals surface area contributed by atoms with Gasteiger partial charge in [-0.25, -0.2) is 0 Å². The van der Waals surface area contributed by atoms with Gasteiger partial charge in [0, 0.05) is 5.92 Å². The lowest BCUT2D eigenvalue weighted by molar-refractivity contribution is -0.310. The molecular weight excluding hydrogens is 212 g/mol. The molecule has 1 aliphatic heterocycles. The van der Waals surface area contributed by atoms with Gasteiger partial charge in [0.25, 0.3) is 0 Å². The summed E-state index contributed by atoms with van der Waals surface area (Å²) >= 11 is 0. The topological polar surface area (TPSA) is 79.2 Å². The van der Waals surface area contributed by atoms with E-state index in [1.165, 1.54) is 0 Å². The summed E-state index contributed by atoms with van der Waals surface area (Å²) in [6, 6.07) is 0. The maximum Gasteiger partial charge on any atom is 0.187 e. The van der Waals surface area contributed by atoms with Crippen LogP contribution < -0.4 is 0 Å². The van der Waals surface area contributed by atoms with Crippen LogP contribution >= 0.6 is 0 Å². The maximum atomic E-state index is 9.80. The highest BCUT2D eigenvalue weighted by Gasteiger charge is 2.43. The first-order chi connectivity index (χ1) is 7.26. The van der Waals surface area contributed by atoms with Gasteiger partial charge in [0.2, 0.25) is 0 Å². The number of aliphatic hydroxyl groups is 3. The van der Waals surface area contributed by atoms with Gasteiger partial charge in [0.15, 0.2) is 6.29 Å². The zero-order valence-electron chi connectivity index (χ0n) is 10.3. The summed E-state index contributed by atoms with van der Waals surface area (Å²) in [4.78, 5) is 0. The second-order valence-electron chi connectivity index (χ2n) is 5.30. The van der Waals surface area contributed by atoms with Crippen LogP contribution in [-0.4, -0.2) is 52.1 Å². The Hall–Kier alpha value is -0.200. The minimum atomic E-state index is -1.09. The summed E-state index contributed by atoms with van der Waals surface area (Å²) in [5, 5.41) is 28.7. The summed E-state index contributed by atoms with van der Waals surface area (Å²) in [5.74, 6) is -0.320. The van der Waals surface area contributed by atoms with Gasteiger partial charge in [-0.3, -0.25) is 0 Å². The Morgan fingerprint density at radius 2 is 1.75 bits per heavy atom. The Morgan fingerprint density at radius 3 is 2.19 bits per heavy atom. The third kappa shape index (κ3) is 3.15. The lowest BCUT2D eigenvalue weighted by atomic mass is 9.91. The summed E-state index contributed by atoms with van der Waals surface area (Å²) < 4.78 is 10.9. The van der Waals surface area contributed by atoms with Crippen molar-refractivity contribution in [1.82, 2.24) is 0 Å². The Morgan fingerprint density at radius 1 is 1.19 bits per heavy atom. The van der Waals surface area contributed by atoms with E-state index in [0.29, 0.717) is 0 Å². The number of ether oxygens (including phenoxy) is 2. The number of rotatable bonds is 2. The van der Waals surface area contributed by atoms with Gasteiger partial charge >= 0.3 is 0 Å². The zero-order chi connectivity index (χ0) is 12.5. The fourth-order valence-corrected chi connectivity index (χ4v) is 1.72. The fourth-order valence-electron chi connectivity index (χ4n) is 1.72. The van der Waals surface area contributed by atoms with E-state index in [4.69, 9.17) is 14.6 Å². The van der Waals surface area contributed by atoms with Crippen LogP contribution in [0.5, 0.6) is 0 Å². The van der Waals surface area contributed by atoms with Crippen molar-refractivity contribution in [3.63, 3.8) is 0 Å². The largest absolute Gasteiger partial charge is 0.394 e. The monoisotopic (exact) mass is 234 g/mol. The summed E-state index contributed by atoms with van der Waals surface area (Å²) in [5.41, 5.74) is -0.480. The standard InChI is InChI=1S/C11H22O5/c1-6-7(5-12)15-10(9(14)8(6)13)16-11(2,3)4/h6-10,12-14H,5H2,1-4H3. The molecule has 1 aliphatic rings. The molecule has 0 radical (unpaired) electrons. The highest BCUT2D eigenvalue weighted by molar-refractivity contribution is 4.87. The Balaban J connectivity index is 2.71.